The molecule has 0 saturated heterocycles. The van der Waals surface area contributed by atoms with Gasteiger partial charge in [-0.2, -0.15) is 0 Å². The minimum atomic E-state index is 0. The van der Waals surface area contributed by atoms with Crippen LogP contribution in [-0.4, -0.2) is 32.2 Å². The van der Waals surface area contributed by atoms with Crippen LogP contribution in [0.1, 0.15) is 39.2 Å². The molecule has 0 bridgehead atoms. The fraction of sp³-hybridized carbons (Fsp3) is 0.588. The zero-order chi connectivity index (χ0) is 15.3. The highest BCUT2D eigenvalue weighted by molar-refractivity contribution is 14.0. The number of guanidine groups is 1. The molecule has 0 aromatic heterocycles. The van der Waals surface area contributed by atoms with Gasteiger partial charge in [0.2, 0.25) is 0 Å². The van der Waals surface area contributed by atoms with E-state index in [1.54, 1.807) is 0 Å². The molecule has 0 radical (unpaired) electrons. The maximum atomic E-state index is 5.65. The van der Waals surface area contributed by atoms with Gasteiger partial charge in [-0.15, -0.1) is 24.0 Å². The maximum absolute atomic E-state index is 5.65. The van der Waals surface area contributed by atoms with Crippen LogP contribution in [0.2, 0.25) is 0 Å². The Labute approximate surface area is 152 Å². The van der Waals surface area contributed by atoms with E-state index in [9.17, 15) is 0 Å². The van der Waals surface area contributed by atoms with Crippen LogP contribution in [0.15, 0.2) is 29.3 Å². The highest BCUT2D eigenvalue weighted by atomic mass is 127. The van der Waals surface area contributed by atoms with Crippen molar-refractivity contribution in [2.45, 2.75) is 40.0 Å². The van der Waals surface area contributed by atoms with Crippen LogP contribution in [0.3, 0.4) is 0 Å². The molecule has 0 atom stereocenters. The lowest BCUT2D eigenvalue weighted by Crippen LogP contribution is -2.38. The zero-order valence-electron chi connectivity index (χ0n) is 14.0. The number of nitrogens with zero attached hydrogens (tertiary/aromatic N) is 1. The van der Waals surface area contributed by atoms with Gasteiger partial charge in [-0.3, -0.25) is 4.99 Å². The molecule has 1 aromatic carbocycles. The summed E-state index contributed by atoms with van der Waals surface area (Å²) in [5, 5.41) is 6.66. The number of ether oxygens (including phenoxy) is 1. The summed E-state index contributed by atoms with van der Waals surface area (Å²) in [5.41, 5.74) is 1.23. The third kappa shape index (κ3) is 8.46. The van der Waals surface area contributed by atoms with Crippen molar-refractivity contribution in [1.29, 1.82) is 0 Å². The lowest BCUT2D eigenvalue weighted by Gasteiger charge is -2.13. The number of unbranched alkanes of at least 4 members (excludes halogenated alkanes) is 1. The third-order valence-corrected chi connectivity index (χ3v) is 3.09. The molecule has 126 valence electrons. The van der Waals surface area contributed by atoms with Crippen molar-refractivity contribution in [2.24, 2.45) is 4.99 Å². The Balaban J connectivity index is 0.00000441. The first kappa shape index (κ1) is 21.0. The molecule has 1 aromatic rings. The van der Waals surface area contributed by atoms with Gasteiger partial charge in [0, 0.05) is 19.6 Å². The fourth-order valence-corrected chi connectivity index (χ4v) is 2.01. The van der Waals surface area contributed by atoms with Crippen molar-refractivity contribution in [3.8, 4) is 5.75 Å². The fourth-order valence-electron chi connectivity index (χ4n) is 2.01. The molecule has 0 fully saturated rings. The maximum Gasteiger partial charge on any atom is 0.191 e. The highest BCUT2D eigenvalue weighted by Crippen LogP contribution is 2.17. The summed E-state index contributed by atoms with van der Waals surface area (Å²) in [4.78, 5) is 4.56. The number of aliphatic imine (C=N–C) groups is 1. The average molecular weight is 419 g/mol. The second kappa shape index (κ2) is 13.7. The average Bonchev–Trinajstić information content (AvgIpc) is 2.49. The number of benzene rings is 1. The first-order valence-corrected chi connectivity index (χ1v) is 8.04. The largest absolute Gasteiger partial charge is 0.494 e. The third-order valence-electron chi connectivity index (χ3n) is 3.09. The van der Waals surface area contributed by atoms with Crippen LogP contribution >= 0.6 is 24.0 Å². The Morgan fingerprint density at radius 3 is 2.59 bits per heavy atom. The molecule has 0 aliphatic rings. The highest BCUT2D eigenvalue weighted by Gasteiger charge is 2.03. The predicted molar refractivity (Wildman–Crippen MR) is 106 cm³/mol. The number of halogens is 1. The van der Waals surface area contributed by atoms with Crippen LogP contribution in [0.25, 0.3) is 0 Å². The molecule has 0 saturated carbocycles. The van der Waals surface area contributed by atoms with Crippen LogP contribution < -0.4 is 15.4 Å². The van der Waals surface area contributed by atoms with E-state index in [-0.39, 0.29) is 24.0 Å². The Bertz CT molecular complexity index is 424. The Morgan fingerprint density at radius 1 is 1.14 bits per heavy atom. The van der Waals surface area contributed by atoms with E-state index in [4.69, 9.17) is 4.74 Å². The van der Waals surface area contributed by atoms with Crippen LogP contribution in [0.4, 0.5) is 0 Å². The Kier molecular flexibility index (Phi) is 13.1. The quantitative estimate of drug-likeness (QED) is 0.278. The zero-order valence-corrected chi connectivity index (χ0v) is 16.4. The first-order valence-electron chi connectivity index (χ1n) is 8.04. The van der Waals surface area contributed by atoms with Gasteiger partial charge in [0.05, 0.1) is 6.61 Å². The number of para-hydroxylation sites is 1. The lowest BCUT2D eigenvalue weighted by molar-refractivity contribution is 0.336. The first-order chi connectivity index (χ1) is 10.3. The standard InChI is InChI=1S/C17H29N3O.HI/c1-4-7-13-19-17(18-5-2)20-14-12-15-10-8-9-11-16(15)21-6-3;/h8-11H,4-7,12-14H2,1-3H3,(H2,18,19,20);1H. The minimum Gasteiger partial charge on any atom is -0.494 e. The number of rotatable bonds is 9. The Hall–Kier alpha value is -0.980. The van der Waals surface area contributed by atoms with E-state index in [1.165, 1.54) is 12.0 Å². The molecule has 0 spiro atoms. The SMILES string of the molecule is CCCCN=C(NCC)NCCc1ccccc1OCC.I. The number of nitrogens with one attached hydrogen (secondary N) is 2. The monoisotopic (exact) mass is 419 g/mol. The molecule has 0 heterocycles. The summed E-state index contributed by atoms with van der Waals surface area (Å²) < 4.78 is 5.65. The van der Waals surface area contributed by atoms with Crippen molar-refractivity contribution in [1.82, 2.24) is 10.6 Å². The molecule has 0 aliphatic heterocycles. The summed E-state index contributed by atoms with van der Waals surface area (Å²) in [7, 11) is 0. The van der Waals surface area contributed by atoms with Crippen LogP contribution in [0.5, 0.6) is 5.75 Å². The van der Waals surface area contributed by atoms with Crippen molar-refractivity contribution < 1.29 is 4.74 Å². The molecule has 4 nitrogen and oxygen atoms in total. The second-order valence-corrected chi connectivity index (χ2v) is 4.83. The molecule has 0 aliphatic carbocycles. The normalized spacial score (nSPS) is 10.8. The van der Waals surface area contributed by atoms with E-state index >= 15 is 0 Å². The van der Waals surface area contributed by atoms with Crippen LogP contribution in [-0.2, 0) is 6.42 Å². The van der Waals surface area contributed by atoms with E-state index in [0.29, 0.717) is 6.61 Å². The smallest absolute Gasteiger partial charge is 0.191 e. The molecule has 0 amide bonds. The summed E-state index contributed by atoms with van der Waals surface area (Å²) in [6, 6.07) is 8.21. The predicted octanol–water partition coefficient (Wildman–Crippen LogP) is 3.60. The van der Waals surface area contributed by atoms with Crippen molar-refractivity contribution in [3.05, 3.63) is 29.8 Å². The van der Waals surface area contributed by atoms with E-state index in [1.807, 2.05) is 19.1 Å². The van der Waals surface area contributed by atoms with Crippen molar-refractivity contribution in [3.63, 3.8) is 0 Å². The van der Waals surface area contributed by atoms with Crippen molar-refractivity contribution >= 4 is 29.9 Å². The van der Waals surface area contributed by atoms with Gasteiger partial charge >= 0.3 is 0 Å². The summed E-state index contributed by atoms with van der Waals surface area (Å²) in [6.07, 6.45) is 3.22. The van der Waals surface area contributed by atoms with Gasteiger partial charge in [0.15, 0.2) is 5.96 Å². The van der Waals surface area contributed by atoms with E-state index < -0.39 is 0 Å². The van der Waals surface area contributed by atoms with Gasteiger partial charge in [-0.25, -0.2) is 0 Å². The van der Waals surface area contributed by atoms with Gasteiger partial charge in [0.1, 0.15) is 5.75 Å². The van der Waals surface area contributed by atoms with Gasteiger partial charge < -0.3 is 15.4 Å². The van der Waals surface area contributed by atoms with Gasteiger partial charge in [-0.1, -0.05) is 31.5 Å². The lowest BCUT2D eigenvalue weighted by atomic mass is 10.1. The van der Waals surface area contributed by atoms with Crippen LogP contribution in [0, 0.1) is 0 Å². The molecule has 2 N–H and O–H groups in total. The molecular weight excluding hydrogens is 389 g/mol. The molecule has 5 heteroatoms. The van der Waals surface area contributed by atoms with Gasteiger partial charge in [0.25, 0.3) is 0 Å². The topological polar surface area (TPSA) is 45.7 Å². The van der Waals surface area contributed by atoms with E-state index in [0.717, 1.165) is 44.2 Å². The summed E-state index contributed by atoms with van der Waals surface area (Å²) >= 11 is 0. The van der Waals surface area contributed by atoms with E-state index in [2.05, 4.69) is 41.6 Å². The number of hydrogen-bond acceptors (Lipinski definition) is 2. The summed E-state index contributed by atoms with van der Waals surface area (Å²) in [5.74, 6) is 1.88. The second-order valence-electron chi connectivity index (χ2n) is 4.83. The van der Waals surface area contributed by atoms with Gasteiger partial charge in [-0.05, 0) is 38.3 Å². The van der Waals surface area contributed by atoms with Crippen molar-refractivity contribution in [2.75, 3.05) is 26.2 Å². The molecule has 0 unspecified atom stereocenters. The Morgan fingerprint density at radius 2 is 1.91 bits per heavy atom. The molecular formula is C17H30IN3O. The number of hydrogen-bond donors (Lipinski definition) is 2. The summed E-state index contributed by atoms with van der Waals surface area (Å²) in [6.45, 7) is 9.59. The molecule has 1 rings (SSSR count). The minimum absolute atomic E-state index is 0. The molecule has 22 heavy (non-hydrogen) atoms.